The van der Waals surface area contributed by atoms with Crippen molar-refractivity contribution in [3.8, 4) is 11.3 Å². The van der Waals surface area contributed by atoms with E-state index in [0.29, 0.717) is 6.42 Å². The molecule has 2 nitrogen and oxygen atoms in total. The third-order valence-corrected chi connectivity index (χ3v) is 2.84. The molecular formula is C15H17NO. The molecular weight excluding hydrogens is 210 g/mol. The van der Waals surface area contributed by atoms with Crippen LogP contribution in [0, 0.1) is 13.8 Å². The van der Waals surface area contributed by atoms with Crippen molar-refractivity contribution < 1.29 is 5.11 Å². The molecule has 1 aromatic carbocycles. The molecule has 0 atom stereocenters. The average Bonchev–Trinajstić information content (AvgIpc) is 2.33. The summed E-state index contributed by atoms with van der Waals surface area (Å²) >= 11 is 0. The summed E-state index contributed by atoms with van der Waals surface area (Å²) in [6.45, 7) is 4.32. The fourth-order valence-electron chi connectivity index (χ4n) is 1.90. The molecule has 0 fully saturated rings. The second-order valence-electron chi connectivity index (χ2n) is 4.31. The highest BCUT2D eigenvalue weighted by Gasteiger charge is 2.04. The predicted octanol–water partition coefficient (Wildman–Crippen LogP) is 2.90. The van der Waals surface area contributed by atoms with Gasteiger partial charge in [0.25, 0.3) is 0 Å². The van der Waals surface area contributed by atoms with Gasteiger partial charge >= 0.3 is 0 Å². The number of pyridine rings is 1. The zero-order valence-electron chi connectivity index (χ0n) is 10.3. The molecule has 17 heavy (non-hydrogen) atoms. The van der Waals surface area contributed by atoms with Gasteiger partial charge in [0.05, 0.1) is 5.69 Å². The number of aromatic nitrogens is 1. The van der Waals surface area contributed by atoms with Gasteiger partial charge in [0.15, 0.2) is 0 Å². The van der Waals surface area contributed by atoms with Gasteiger partial charge in [-0.25, -0.2) is 0 Å². The van der Waals surface area contributed by atoms with Crippen LogP contribution in [0.4, 0.5) is 0 Å². The summed E-state index contributed by atoms with van der Waals surface area (Å²) in [5.41, 5.74) is 5.55. The van der Waals surface area contributed by atoms with Crippen molar-refractivity contribution in [2.24, 2.45) is 0 Å². The Bertz CT molecular complexity index is 520. The molecule has 0 aliphatic heterocycles. The zero-order chi connectivity index (χ0) is 12.3. The molecule has 0 bridgehead atoms. The number of benzene rings is 1. The van der Waals surface area contributed by atoms with Crippen LogP contribution in [-0.2, 0) is 6.42 Å². The highest BCUT2D eigenvalue weighted by molar-refractivity contribution is 5.64. The Kier molecular flexibility index (Phi) is 3.55. The zero-order valence-corrected chi connectivity index (χ0v) is 10.3. The lowest BCUT2D eigenvalue weighted by atomic mass is 10.0. The third kappa shape index (κ3) is 2.71. The molecule has 2 rings (SSSR count). The SMILES string of the molecule is Cc1ccc(C)c(-c2cccc(CCO)n2)c1. The van der Waals surface area contributed by atoms with E-state index in [1.807, 2.05) is 18.2 Å². The van der Waals surface area contributed by atoms with Gasteiger partial charge in [0.2, 0.25) is 0 Å². The van der Waals surface area contributed by atoms with E-state index in [4.69, 9.17) is 5.11 Å². The minimum Gasteiger partial charge on any atom is -0.396 e. The van der Waals surface area contributed by atoms with Crippen molar-refractivity contribution in [3.63, 3.8) is 0 Å². The lowest BCUT2D eigenvalue weighted by Gasteiger charge is -2.08. The van der Waals surface area contributed by atoms with Crippen molar-refractivity contribution in [1.82, 2.24) is 4.98 Å². The maximum Gasteiger partial charge on any atom is 0.0708 e. The molecule has 2 heteroatoms. The highest BCUT2D eigenvalue weighted by Crippen LogP contribution is 2.22. The first-order valence-corrected chi connectivity index (χ1v) is 5.85. The molecule has 1 heterocycles. The van der Waals surface area contributed by atoms with Crippen LogP contribution >= 0.6 is 0 Å². The van der Waals surface area contributed by atoms with Gasteiger partial charge in [-0.2, -0.15) is 0 Å². The van der Waals surface area contributed by atoms with Crippen LogP contribution in [0.5, 0.6) is 0 Å². The van der Waals surface area contributed by atoms with E-state index in [9.17, 15) is 0 Å². The van der Waals surface area contributed by atoms with Crippen LogP contribution in [0.2, 0.25) is 0 Å². The highest BCUT2D eigenvalue weighted by atomic mass is 16.3. The maximum atomic E-state index is 8.94. The molecule has 0 saturated heterocycles. The Morgan fingerprint density at radius 2 is 1.94 bits per heavy atom. The Hall–Kier alpha value is -1.67. The minimum atomic E-state index is 0.142. The van der Waals surface area contributed by atoms with Crippen LogP contribution in [0.25, 0.3) is 11.3 Å². The van der Waals surface area contributed by atoms with E-state index in [2.05, 4.69) is 37.0 Å². The average molecular weight is 227 g/mol. The first-order chi connectivity index (χ1) is 8.20. The normalized spacial score (nSPS) is 10.5. The van der Waals surface area contributed by atoms with Crippen LogP contribution in [-0.4, -0.2) is 16.7 Å². The standard InChI is InChI=1S/C15H17NO/c1-11-6-7-12(2)14(10-11)15-5-3-4-13(16-15)8-9-17/h3-7,10,17H,8-9H2,1-2H3. The van der Waals surface area contributed by atoms with Gasteiger partial charge in [0.1, 0.15) is 0 Å². The monoisotopic (exact) mass is 227 g/mol. The second-order valence-corrected chi connectivity index (χ2v) is 4.31. The smallest absolute Gasteiger partial charge is 0.0708 e. The number of rotatable bonds is 3. The Balaban J connectivity index is 2.45. The van der Waals surface area contributed by atoms with E-state index in [-0.39, 0.29) is 6.61 Å². The Morgan fingerprint density at radius 3 is 2.71 bits per heavy atom. The van der Waals surface area contributed by atoms with E-state index in [1.165, 1.54) is 16.7 Å². The van der Waals surface area contributed by atoms with Crippen LogP contribution in [0.3, 0.4) is 0 Å². The molecule has 0 radical (unpaired) electrons. The van der Waals surface area contributed by atoms with Gasteiger partial charge in [-0.3, -0.25) is 4.98 Å². The molecule has 0 aliphatic rings. The van der Waals surface area contributed by atoms with Crippen molar-refractivity contribution in [1.29, 1.82) is 0 Å². The fourth-order valence-corrected chi connectivity index (χ4v) is 1.90. The van der Waals surface area contributed by atoms with Crippen molar-refractivity contribution >= 4 is 0 Å². The number of nitrogens with zero attached hydrogens (tertiary/aromatic N) is 1. The van der Waals surface area contributed by atoms with Crippen molar-refractivity contribution in [2.45, 2.75) is 20.3 Å². The molecule has 88 valence electrons. The molecule has 2 aromatic rings. The van der Waals surface area contributed by atoms with Gasteiger partial charge < -0.3 is 5.11 Å². The van der Waals surface area contributed by atoms with E-state index in [1.54, 1.807) is 0 Å². The first kappa shape index (κ1) is 11.8. The number of aliphatic hydroxyl groups is 1. The number of hydrogen-bond donors (Lipinski definition) is 1. The minimum absolute atomic E-state index is 0.142. The first-order valence-electron chi connectivity index (χ1n) is 5.85. The van der Waals surface area contributed by atoms with Gasteiger partial charge in [-0.1, -0.05) is 23.8 Å². The fraction of sp³-hybridized carbons (Fsp3) is 0.267. The molecule has 1 N–H and O–H groups in total. The number of aryl methyl sites for hydroxylation is 2. The lowest BCUT2D eigenvalue weighted by molar-refractivity contribution is 0.298. The van der Waals surface area contributed by atoms with Crippen molar-refractivity contribution in [2.75, 3.05) is 6.61 Å². The summed E-state index contributed by atoms with van der Waals surface area (Å²) in [5.74, 6) is 0. The molecule has 0 spiro atoms. The topological polar surface area (TPSA) is 33.1 Å². The molecule has 0 aliphatic carbocycles. The van der Waals surface area contributed by atoms with Gasteiger partial charge in [0, 0.05) is 24.3 Å². The summed E-state index contributed by atoms with van der Waals surface area (Å²) < 4.78 is 0. The number of hydrogen-bond acceptors (Lipinski definition) is 2. The quantitative estimate of drug-likeness (QED) is 0.874. The summed E-state index contributed by atoms with van der Waals surface area (Å²) in [5, 5.41) is 8.94. The summed E-state index contributed by atoms with van der Waals surface area (Å²) in [4.78, 5) is 4.57. The Morgan fingerprint density at radius 1 is 1.12 bits per heavy atom. The summed E-state index contributed by atoms with van der Waals surface area (Å²) in [7, 11) is 0. The van der Waals surface area contributed by atoms with E-state index < -0.39 is 0 Å². The molecule has 0 unspecified atom stereocenters. The van der Waals surface area contributed by atoms with Crippen LogP contribution < -0.4 is 0 Å². The third-order valence-electron chi connectivity index (χ3n) is 2.84. The Labute approximate surface area is 102 Å². The van der Waals surface area contributed by atoms with E-state index >= 15 is 0 Å². The largest absolute Gasteiger partial charge is 0.396 e. The van der Waals surface area contributed by atoms with Crippen LogP contribution in [0.15, 0.2) is 36.4 Å². The van der Waals surface area contributed by atoms with Gasteiger partial charge in [-0.05, 0) is 37.6 Å². The predicted molar refractivity (Wildman–Crippen MR) is 69.9 cm³/mol. The molecule has 0 amide bonds. The molecule has 0 saturated carbocycles. The van der Waals surface area contributed by atoms with Gasteiger partial charge in [-0.15, -0.1) is 0 Å². The van der Waals surface area contributed by atoms with Crippen molar-refractivity contribution in [3.05, 3.63) is 53.2 Å². The summed E-state index contributed by atoms with van der Waals surface area (Å²) in [6, 6.07) is 12.3. The lowest BCUT2D eigenvalue weighted by Crippen LogP contribution is -1.96. The number of aliphatic hydroxyl groups excluding tert-OH is 1. The summed E-state index contributed by atoms with van der Waals surface area (Å²) in [6.07, 6.45) is 0.610. The van der Waals surface area contributed by atoms with Crippen LogP contribution in [0.1, 0.15) is 16.8 Å². The maximum absolute atomic E-state index is 8.94. The second kappa shape index (κ2) is 5.11. The van der Waals surface area contributed by atoms with E-state index in [0.717, 1.165) is 11.4 Å². The molecule has 1 aromatic heterocycles.